The average Bonchev–Trinajstić information content (AvgIpc) is 2.58. The quantitative estimate of drug-likeness (QED) is 0.303. The van der Waals surface area contributed by atoms with Crippen LogP contribution >= 0.6 is 0 Å². The number of benzene rings is 1. The number of carbonyl (C=O) groups is 2. The third-order valence-corrected chi connectivity index (χ3v) is 3.23. The second kappa shape index (κ2) is 8.80. The molecule has 28 heavy (non-hydrogen) atoms. The molecule has 0 fully saturated rings. The van der Waals surface area contributed by atoms with Gasteiger partial charge in [-0.25, -0.2) is 4.79 Å². The van der Waals surface area contributed by atoms with Crippen LogP contribution in [0.5, 0.6) is 5.75 Å². The van der Waals surface area contributed by atoms with Gasteiger partial charge < -0.3 is 14.8 Å². The molecule has 156 valence electrons. The molecular weight excluding hydrogens is 399 g/mol. The van der Waals surface area contributed by atoms with E-state index in [0.717, 1.165) is 6.07 Å². The second-order valence-electron chi connectivity index (χ2n) is 5.38. The van der Waals surface area contributed by atoms with Crippen LogP contribution in [0.2, 0.25) is 0 Å². The lowest BCUT2D eigenvalue weighted by Gasteiger charge is -2.20. The molecule has 1 aromatic carbocycles. The minimum atomic E-state index is -5.92. The molecule has 0 spiro atoms. The van der Waals surface area contributed by atoms with E-state index in [1.165, 1.54) is 13.8 Å². The van der Waals surface area contributed by atoms with E-state index in [1.54, 1.807) is 0 Å². The third kappa shape index (κ3) is 5.76. The Labute approximate surface area is 154 Å². The van der Waals surface area contributed by atoms with E-state index >= 15 is 0 Å². The number of nitrogens with one attached hydrogen (secondary N) is 1. The fraction of sp³-hybridized carbons (Fsp3) is 0.467. The van der Waals surface area contributed by atoms with Gasteiger partial charge in [0.25, 0.3) is 5.91 Å². The first-order valence-corrected chi connectivity index (χ1v) is 7.63. The minimum absolute atomic E-state index is 0.0436. The standard InChI is InChI=1S/C15H15F5N2O6/c1-3-27-13(24)8(2)21-12(23)9-4-5-10(22(25)26)11(6-9)28-7-14(16,17)15(18,19)20/h4-6,8H,3,7H2,1-2H3,(H,21,23)/t8-/m0/s1. The van der Waals surface area contributed by atoms with Gasteiger partial charge in [-0.3, -0.25) is 14.9 Å². The number of nitro benzene ring substituents is 1. The number of esters is 1. The molecule has 0 aliphatic rings. The first kappa shape index (κ1) is 23.0. The lowest BCUT2D eigenvalue weighted by atomic mass is 10.1. The van der Waals surface area contributed by atoms with Gasteiger partial charge in [0.15, 0.2) is 12.4 Å². The van der Waals surface area contributed by atoms with Gasteiger partial charge >= 0.3 is 23.8 Å². The summed E-state index contributed by atoms with van der Waals surface area (Å²) >= 11 is 0. The van der Waals surface area contributed by atoms with E-state index in [9.17, 15) is 41.7 Å². The topological polar surface area (TPSA) is 108 Å². The molecule has 0 bridgehead atoms. The van der Waals surface area contributed by atoms with Crippen LogP contribution in [0.25, 0.3) is 0 Å². The molecule has 13 heteroatoms. The Morgan fingerprint density at radius 1 is 1.25 bits per heavy atom. The van der Waals surface area contributed by atoms with Crippen molar-refractivity contribution in [2.24, 2.45) is 0 Å². The summed E-state index contributed by atoms with van der Waals surface area (Å²) in [5, 5.41) is 13.1. The maximum Gasteiger partial charge on any atom is 0.456 e. The third-order valence-electron chi connectivity index (χ3n) is 3.23. The van der Waals surface area contributed by atoms with Crippen LogP contribution in [0.3, 0.4) is 0 Å². The van der Waals surface area contributed by atoms with Crippen LogP contribution in [0.15, 0.2) is 18.2 Å². The van der Waals surface area contributed by atoms with Crippen LogP contribution < -0.4 is 10.1 Å². The number of hydrogen-bond acceptors (Lipinski definition) is 6. The van der Waals surface area contributed by atoms with Gasteiger partial charge in [0.05, 0.1) is 11.5 Å². The number of ether oxygens (including phenoxy) is 2. The maximum atomic E-state index is 13.0. The van der Waals surface area contributed by atoms with Crippen molar-refractivity contribution in [2.45, 2.75) is 32.0 Å². The van der Waals surface area contributed by atoms with Crippen molar-refractivity contribution < 1.29 is 45.9 Å². The van der Waals surface area contributed by atoms with Crippen LogP contribution in [-0.4, -0.2) is 48.2 Å². The summed E-state index contributed by atoms with van der Waals surface area (Å²) in [4.78, 5) is 33.4. The summed E-state index contributed by atoms with van der Waals surface area (Å²) < 4.78 is 71.6. The number of alkyl halides is 5. The van der Waals surface area contributed by atoms with Crippen molar-refractivity contribution in [3.05, 3.63) is 33.9 Å². The molecule has 1 rings (SSSR count). The zero-order valence-electron chi connectivity index (χ0n) is 14.5. The van der Waals surface area contributed by atoms with Gasteiger partial charge in [-0.2, -0.15) is 22.0 Å². The van der Waals surface area contributed by atoms with Crippen LogP contribution in [-0.2, 0) is 9.53 Å². The molecule has 0 saturated carbocycles. The highest BCUT2D eigenvalue weighted by Gasteiger charge is 2.58. The Morgan fingerprint density at radius 3 is 2.36 bits per heavy atom. The number of hydrogen-bond donors (Lipinski definition) is 1. The summed E-state index contributed by atoms with van der Waals surface area (Å²) in [6, 6.07) is 1.13. The molecule has 0 aliphatic heterocycles. The highest BCUT2D eigenvalue weighted by atomic mass is 19.4. The summed E-state index contributed by atoms with van der Waals surface area (Å²) in [7, 11) is 0. The van der Waals surface area contributed by atoms with Gasteiger partial charge in [0.2, 0.25) is 0 Å². The van der Waals surface area contributed by atoms with Gasteiger partial charge in [-0.15, -0.1) is 0 Å². The van der Waals surface area contributed by atoms with Crippen molar-refractivity contribution in [3.63, 3.8) is 0 Å². The minimum Gasteiger partial charge on any atom is -0.480 e. The summed E-state index contributed by atoms with van der Waals surface area (Å²) in [5.41, 5.74) is -1.29. The van der Waals surface area contributed by atoms with Crippen molar-refractivity contribution in [3.8, 4) is 5.75 Å². The molecule has 1 N–H and O–H groups in total. The molecule has 1 aromatic rings. The molecule has 0 unspecified atom stereocenters. The first-order valence-electron chi connectivity index (χ1n) is 7.63. The second-order valence-corrected chi connectivity index (χ2v) is 5.38. The van der Waals surface area contributed by atoms with Gasteiger partial charge in [0, 0.05) is 17.7 Å². The Balaban J connectivity index is 3.06. The number of nitro groups is 1. The number of halogens is 5. The van der Waals surface area contributed by atoms with E-state index in [4.69, 9.17) is 0 Å². The smallest absolute Gasteiger partial charge is 0.456 e. The first-order chi connectivity index (χ1) is 12.8. The zero-order valence-corrected chi connectivity index (χ0v) is 14.5. The number of rotatable bonds is 8. The van der Waals surface area contributed by atoms with E-state index < -0.39 is 53.0 Å². The predicted molar refractivity (Wildman–Crippen MR) is 83.2 cm³/mol. The number of amides is 1. The van der Waals surface area contributed by atoms with Gasteiger partial charge in [-0.05, 0) is 19.9 Å². The van der Waals surface area contributed by atoms with E-state index in [-0.39, 0.29) is 12.2 Å². The Kier molecular flexibility index (Phi) is 7.24. The van der Waals surface area contributed by atoms with E-state index in [0.29, 0.717) is 12.1 Å². The fourth-order valence-corrected chi connectivity index (χ4v) is 1.78. The van der Waals surface area contributed by atoms with Gasteiger partial charge in [0.1, 0.15) is 6.04 Å². The Morgan fingerprint density at radius 2 is 1.86 bits per heavy atom. The lowest BCUT2D eigenvalue weighted by Crippen LogP contribution is -2.42. The molecular formula is C15H15F5N2O6. The van der Waals surface area contributed by atoms with Crippen LogP contribution in [0, 0.1) is 10.1 Å². The number of nitrogens with zero attached hydrogens (tertiary/aromatic N) is 1. The van der Waals surface area contributed by atoms with Crippen molar-refractivity contribution >= 4 is 17.6 Å². The molecule has 8 nitrogen and oxygen atoms in total. The molecule has 1 atom stereocenters. The van der Waals surface area contributed by atoms with Crippen molar-refractivity contribution in [1.82, 2.24) is 5.32 Å². The average molecular weight is 414 g/mol. The molecule has 0 heterocycles. The molecule has 0 aromatic heterocycles. The largest absolute Gasteiger partial charge is 0.480 e. The van der Waals surface area contributed by atoms with E-state index in [1.807, 2.05) is 0 Å². The lowest BCUT2D eigenvalue weighted by molar-refractivity contribution is -0.386. The molecule has 0 aliphatic carbocycles. The van der Waals surface area contributed by atoms with Crippen molar-refractivity contribution in [2.75, 3.05) is 13.2 Å². The summed E-state index contributed by atoms with van der Waals surface area (Å²) in [5.74, 6) is -7.97. The molecule has 0 saturated heterocycles. The fourth-order valence-electron chi connectivity index (χ4n) is 1.78. The maximum absolute atomic E-state index is 13.0. The van der Waals surface area contributed by atoms with E-state index in [2.05, 4.69) is 14.8 Å². The monoisotopic (exact) mass is 414 g/mol. The van der Waals surface area contributed by atoms with Crippen LogP contribution in [0.1, 0.15) is 24.2 Å². The highest BCUT2D eigenvalue weighted by Crippen LogP contribution is 2.37. The number of carbonyl (C=O) groups excluding carboxylic acids is 2. The highest BCUT2D eigenvalue weighted by molar-refractivity contribution is 5.97. The Hall–Kier alpha value is -2.99. The SMILES string of the molecule is CCOC(=O)[C@H](C)NC(=O)c1ccc([N+](=O)[O-])c(OCC(F)(F)C(F)(F)F)c1. The van der Waals surface area contributed by atoms with Gasteiger partial charge in [-0.1, -0.05) is 0 Å². The Bertz CT molecular complexity index is 753. The summed E-state index contributed by atoms with van der Waals surface area (Å²) in [6.45, 7) is 0.634. The predicted octanol–water partition coefficient (Wildman–Crippen LogP) is 2.85. The molecule has 1 amide bonds. The normalized spacial score (nSPS) is 12.8. The van der Waals surface area contributed by atoms with Crippen LogP contribution in [0.4, 0.5) is 27.6 Å². The summed E-state index contributed by atoms with van der Waals surface area (Å²) in [6.07, 6.45) is -5.92. The molecule has 0 radical (unpaired) electrons. The zero-order chi connectivity index (χ0) is 21.7. The van der Waals surface area contributed by atoms with Crippen molar-refractivity contribution in [1.29, 1.82) is 0 Å².